The molecule has 0 aromatic heterocycles. The molecule has 0 spiro atoms. The quantitative estimate of drug-likeness (QED) is 0.671. The number of carbonyl (C=O) groups is 2. The summed E-state index contributed by atoms with van der Waals surface area (Å²) in [6, 6.07) is 6.63. The highest BCUT2D eigenvalue weighted by molar-refractivity contribution is 5.79. The Labute approximate surface area is 178 Å². The second kappa shape index (κ2) is 9.79. The number of likely N-dealkylation sites (tertiary alicyclic amines) is 1. The van der Waals surface area contributed by atoms with Crippen molar-refractivity contribution in [2.45, 2.75) is 38.2 Å². The van der Waals surface area contributed by atoms with Gasteiger partial charge in [0.05, 0.1) is 12.5 Å². The zero-order chi connectivity index (χ0) is 20.9. The molecule has 7 heteroatoms. The number of amides is 2. The molecule has 0 bridgehead atoms. The number of ether oxygens (including phenoxy) is 1. The summed E-state index contributed by atoms with van der Waals surface area (Å²) >= 11 is 0. The van der Waals surface area contributed by atoms with Crippen molar-refractivity contribution in [3.63, 3.8) is 0 Å². The van der Waals surface area contributed by atoms with Gasteiger partial charge in [0, 0.05) is 26.2 Å². The first kappa shape index (κ1) is 21.1. The summed E-state index contributed by atoms with van der Waals surface area (Å²) < 4.78 is 5.65. The summed E-state index contributed by atoms with van der Waals surface area (Å²) in [5, 5.41) is 12.2. The van der Waals surface area contributed by atoms with Crippen molar-refractivity contribution in [3.05, 3.63) is 29.8 Å². The van der Waals surface area contributed by atoms with E-state index >= 15 is 0 Å². The Bertz CT molecular complexity index is 726. The lowest BCUT2D eigenvalue weighted by Gasteiger charge is -2.38. The third-order valence-corrected chi connectivity index (χ3v) is 6.45. The van der Waals surface area contributed by atoms with Gasteiger partial charge in [0.1, 0.15) is 12.4 Å². The third-order valence-electron chi connectivity index (χ3n) is 6.45. The molecule has 1 aliphatic carbocycles. The smallest absolute Gasteiger partial charge is 0.248 e. The molecule has 7 nitrogen and oxygen atoms in total. The van der Waals surface area contributed by atoms with Crippen LogP contribution < -0.4 is 5.32 Å². The van der Waals surface area contributed by atoms with Crippen LogP contribution in [0.1, 0.15) is 31.2 Å². The summed E-state index contributed by atoms with van der Waals surface area (Å²) in [6.45, 7) is 5.40. The number of phenols is 1. The van der Waals surface area contributed by atoms with Gasteiger partial charge in [-0.2, -0.15) is 0 Å². The number of benzene rings is 1. The van der Waals surface area contributed by atoms with Gasteiger partial charge in [-0.3, -0.25) is 9.59 Å². The normalized spacial score (nSPS) is 23.5. The number of aromatic hydroxyl groups is 1. The number of phenolic OH excluding ortho intramolecular Hbond substituents is 1. The number of rotatable bonds is 8. The second-order valence-corrected chi connectivity index (χ2v) is 9.07. The topological polar surface area (TPSA) is 82.1 Å². The lowest BCUT2D eigenvalue weighted by atomic mass is 9.95. The van der Waals surface area contributed by atoms with Crippen molar-refractivity contribution in [2.75, 3.05) is 45.9 Å². The molecule has 1 aromatic carbocycles. The fourth-order valence-corrected chi connectivity index (χ4v) is 4.40. The van der Waals surface area contributed by atoms with Gasteiger partial charge in [0.15, 0.2) is 0 Å². The first-order valence-corrected chi connectivity index (χ1v) is 11.2. The number of nitrogens with zero attached hydrogens (tertiary/aromatic N) is 2. The molecule has 1 atom stereocenters. The van der Waals surface area contributed by atoms with Crippen LogP contribution in [-0.4, -0.2) is 78.7 Å². The van der Waals surface area contributed by atoms with Crippen molar-refractivity contribution in [3.8, 4) is 5.75 Å². The molecule has 1 unspecified atom stereocenters. The average molecular weight is 416 g/mol. The minimum Gasteiger partial charge on any atom is -0.508 e. The molecule has 3 fully saturated rings. The van der Waals surface area contributed by atoms with Crippen LogP contribution in [0.25, 0.3) is 0 Å². The van der Waals surface area contributed by atoms with E-state index in [1.807, 2.05) is 4.90 Å². The Morgan fingerprint density at radius 1 is 1.07 bits per heavy atom. The number of piperidine rings is 1. The Balaban J connectivity index is 1.18. The van der Waals surface area contributed by atoms with E-state index in [9.17, 15) is 14.7 Å². The molecular formula is C23H33N3O4. The van der Waals surface area contributed by atoms with Crippen LogP contribution >= 0.6 is 0 Å². The first-order valence-electron chi connectivity index (χ1n) is 11.2. The van der Waals surface area contributed by atoms with Crippen LogP contribution in [0.2, 0.25) is 0 Å². The number of morpholine rings is 1. The summed E-state index contributed by atoms with van der Waals surface area (Å²) in [5.74, 6) is 1.66. The van der Waals surface area contributed by atoms with Gasteiger partial charge in [-0.25, -0.2) is 0 Å². The standard InChI is InChI=1S/C23H33N3O4/c27-20-5-3-17(4-6-20)11-22(28)24-12-21-15-26(23(29)16-30-21)14-19-7-9-25(10-8-19)13-18-1-2-18/h3-6,18-19,21,27H,1-2,7-16H2,(H,24,28). The van der Waals surface area contributed by atoms with Gasteiger partial charge < -0.3 is 25.0 Å². The highest BCUT2D eigenvalue weighted by Crippen LogP contribution is 2.31. The summed E-state index contributed by atoms with van der Waals surface area (Å²) in [4.78, 5) is 29.0. The van der Waals surface area contributed by atoms with E-state index in [1.54, 1.807) is 24.3 Å². The molecule has 2 heterocycles. The van der Waals surface area contributed by atoms with Gasteiger partial charge in [0.25, 0.3) is 0 Å². The number of hydrogen-bond acceptors (Lipinski definition) is 5. The molecular weight excluding hydrogens is 382 g/mol. The molecule has 2 aliphatic heterocycles. The van der Waals surface area contributed by atoms with Gasteiger partial charge in [-0.1, -0.05) is 12.1 Å². The number of nitrogens with one attached hydrogen (secondary N) is 1. The van der Waals surface area contributed by atoms with Crippen LogP contribution in [0.3, 0.4) is 0 Å². The summed E-state index contributed by atoms with van der Waals surface area (Å²) in [7, 11) is 0. The number of carbonyl (C=O) groups excluding carboxylic acids is 2. The van der Waals surface area contributed by atoms with E-state index in [-0.39, 0.29) is 36.7 Å². The van der Waals surface area contributed by atoms with Crippen molar-refractivity contribution >= 4 is 11.8 Å². The van der Waals surface area contributed by atoms with Crippen molar-refractivity contribution in [2.24, 2.45) is 11.8 Å². The molecule has 0 radical (unpaired) electrons. The van der Waals surface area contributed by atoms with Gasteiger partial charge in [-0.05, 0) is 68.3 Å². The predicted octanol–water partition coefficient (Wildman–Crippen LogP) is 1.40. The van der Waals surface area contributed by atoms with Crippen molar-refractivity contribution in [1.82, 2.24) is 15.1 Å². The summed E-state index contributed by atoms with van der Waals surface area (Å²) in [5.41, 5.74) is 0.847. The molecule has 2 saturated heterocycles. The maximum atomic E-state index is 12.3. The zero-order valence-corrected chi connectivity index (χ0v) is 17.6. The van der Waals surface area contributed by atoms with Crippen molar-refractivity contribution < 1.29 is 19.4 Å². The Morgan fingerprint density at radius 2 is 1.77 bits per heavy atom. The second-order valence-electron chi connectivity index (χ2n) is 9.07. The highest BCUT2D eigenvalue weighted by atomic mass is 16.5. The van der Waals surface area contributed by atoms with E-state index in [2.05, 4.69) is 10.2 Å². The minimum absolute atomic E-state index is 0.0575. The Hall–Kier alpha value is -2.12. The molecule has 4 rings (SSSR count). The Morgan fingerprint density at radius 3 is 2.47 bits per heavy atom. The maximum Gasteiger partial charge on any atom is 0.248 e. The predicted molar refractivity (Wildman–Crippen MR) is 113 cm³/mol. The lowest BCUT2D eigenvalue weighted by Crippen LogP contribution is -2.52. The zero-order valence-electron chi connectivity index (χ0n) is 17.6. The van der Waals surface area contributed by atoms with Crippen LogP contribution in [-0.2, 0) is 20.7 Å². The van der Waals surface area contributed by atoms with E-state index in [1.165, 1.54) is 19.4 Å². The largest absolute Gasteiger partial charge is 0.508 e. The Kier molecular flexibility index (Phi) is 6.89. The van der Waals surface area contributed by atoms with Crippen LogP contribution in [0.15, 0.2) is 24.3 Å². The fraction of sp³-hybridized carbons (Fsp3) is 0.652. The molecule has 2 amide bonds. The van der Waals surface area contributed by atoms with Crippen molar-refractivity contribution in [1.29, 1.82) is 0 Å². The fourth-order valence-electron chi connectivity index (χ4n) is 4.40. The van der Waals surface area contributed by atoms with Crippen LogP contribution in [0.5, 0.6) is 5.75 Å². The van der Waals surface area contributed by atoms with Gasteiger partial charge in [-0.15, -0.1) is 0 Å². The van der Waals surface area contributed by atoms with Crippen LogP contribution in [0, 0.1) is 11.8 Å². The first-order chi connectivity index (χ1) is 14.5. The van der Waals surface area contributed by atoms with Gasteiger partial charge in [0.2, 0.25) is 11.8 Å². The monoisotopic (exact) mass is 415 g/mol. The molecule has 30 heavy (non-hydrogen) atoms. The molecule has 1 saturated carbocycles. The SMILES string of the molecule is O=C(Cc1ccc(O)cc1)NCC1CN(CC2CCN(CC3CC3)CC2)C(=O)CO1. The molecule has 164 valence electrons. The lowest BCUT2D eigenvalue weighted by molar-refractivity contribution is -0.150. The molecule has 2 N–H and O–H groups in total. The van der Waals surface area contributed by atoms with E-state index in [4.69, 9.17) is 4.74 Å². The van der Waals surface area contributed by atoms with E-state index < -0.39 is 0 Å². The molecule has 3 aliphatic rings. The minimum atomic E-state index is -0.165. The summed E-state index contributed by atoms with van der Waals surface area (Å²) in [6.07, 6.45) is 5.21. The highest BCUT2D eigenvalue weighted by Gasteiger charge is 2.31. The van der Waals surface area contributed by atoms with E-state index in [0.29, 0.717) is 19.0 Å². The third kappa shape index (κ3) is 6.19. The molecule has 1 aromatic rings. The maximum absolute atomic E-state index is 12.3. The van der Waals surface area contributed by atoms with Gasteiger partial charge >= 0.3 is 0 Å². The van der Waals surface area contributed by atoms with E-state index in [0.717, 1.165) is 44.0 Å². The number of hydrogen-bond donors (Lipinski definition) is 2. The average Bonchev–Trinajstić information content (AvgIpc) is 3.56. The van der Waals surface area contributed by atoms with Crippen LogP contribution in [0.4, 0.5) is 0 Å².